The molecule has 0 spiro atoms. The van der Waals surface area contributed by atoms with E-state index >= 15 is 0 Å². The molecule has 0 unspecified atom stereocenters. The van der Waals surface area contributed by atoms with Gasteiger partial charge in [0.1, 0.15) is 0 Å². The van der Waals surface area contributed by atoms with Gasteiger partial charge in [0, 0.05) is 21.2 Å². The van der Waals surface area contributed by atoms with Crippen molar-refractivity contribution in [3.05, 3.63) is 121 Å². The zero-order valence-corrected chi connectivity index (χ0v) is 21.0. The van der Waals surface area contributed by atoms with E-state index in [4.69, 9.17) is 9.05 Å². The van der Waals surface area contributed by atoms with E-state index in [1.807, 2.05) is 0 Å². The molecule has 0 radical (unpaired) electrons. The van der Waals surface area contributed by atoms with Gasteiger partial charge in [0.05, 0.1) is 28.5 Å². The first-order valence-corrected chi connectivity index (χ1v) is 14.5. The van der Waals surface area contributed by atoms with E-state index in [1.165, 1.54) is 34.1 Å². The van der Waals surface area contributed by atoms with Crippen LogP contribution in [0.4, 0.5) is 0 Å². The van der Waals surface area contributed by atoms with E-state index in [-0.39, 0.29) is 12.2 Å². The predicted molar refractivity (Wildman–Crippen MR) is 146 cm³/mol. The smallest absolute Gasteiger partial charge is 0.0923 e. The van der Waals surface area contributed by atoms with Crippen LogP contribution < -0.4 is 21.2 Å². The Labute approximate surface area is 205 Å². The first-order valence-electron chi connectivity index (χ1n) is 12.0. The Bertz CT molecular complexity index is 952. The van der Waals surface area contributed by atoms with Gasteiger partial charge in [-0.3, -0.25) is 0 Å². The molecule has 0 saturated heterocycles. The van der Waals surface area contributed by atoms with Crippen LogP contribution in [0.15, 0.2) is 121 Å². The summed E-state index contributed by atoms with van der Waals surface area (Å²) in [5.74, 6) is 0. The van der Waals surface area contributed by atoms with Gasteiger partial charge in [0.15, 0.2) is 0 Å². The third kappa shape index (κ3) is 5.83. The fourth-order valence-corrected chi connectivity index (χ4v) is 8.25. The van der Waals surface area contributed by atoms with Crippen molar-refractivity contribution in [2.75, 3.05) is 0 Å². The second kappa shape index (κ2) is 11.9. The van der Waals surface area contributed by atoms with Crippen LogP contribution in [0.25, 0.3) is 0 Å². The molecule has 4 heteroatoms. The summed E-state index contributed by atoms with van der Waals surface area (Å²) in [6.45, 7) is 0. The van der Waals surface area contributed by atoms with Gasteiger partial charge in [-0.25, -0.2) is 0 Å². The summed E-state index contributed by atoms with van der Waals surface area (Å²) >= 11 is 0. The lowest BCUT2D eigenvalue weighted by Crippen LogP contribution is -2.36. The van der Waals surface area contributed by atoms with Gasteiger partial charge in [-0.1, -0.05) is 134 Å². The summed E-state index contributed by atoms with van der Waals surface area (Å²) in [5.41, 5.74) is 0. The molecule has 4 aromatic carbocycles. The Morgan fingerprint density at radius 1 is 0.412 bits per heavy atom. The van der Waals surface area contributed by atoms with Crippen molar-refractivity contribution in [2.24, 2.45) is 0 Å². The highest BCUT2D eigenvalue weighted by Gasteiger charge is 2.33. The van der Waals surface area contributed by atoms with Crippen molar-refractivity contribution in [3.63, 3.8) is 0 Å². The highest BCUT2D eigenvalue weighted by atomic mass is 31.1. The fraction of sp³-hybridized carbons (Fsp3) is 0.200. The summed E-state index contributed by atoms with van der Waals surface area (Å²) < 4.78 is 14.0. The molecule has 1 fully saturated rings. The molecule has 172 valence electrons. The summed E-state index contributed by atoms with van der Waals surface area (Å²) in [4.78, 5) is 0. The van der Waals surface area contributed by atoms with Crippen LogP contribution in [-0.2, 0) is 9.05 Å². The van der Waals surface area contributed by atoms with E-state index < -0.39 is 16.3 Å². The van der Waals surface area contributed by atoms with Gasteiger partial charge >= 0.3 is 0 Å². The monoisotopic (exact) mass is 484 g/mol. The van der Waals surface area contributed by atoms with Crippen LogP contribution in [0.3, 0.4) is 0 Å². The second-order valence-corrected chi connectivity index (χ2v) is 12.2. The normalized spacial score (nSPS) is 18.3. The van der Waals surface area contributed by atoms with E-state index in [1.54, 1.807) is 0 Å². The topological polar surface area (TPSA) is 18.5 Å². The average molecular weight is 485 g/mol. The number of rotatable bonds is 8. The summed E-state index contributed by atoms with van der Waals surface area (Å²) in [5, 5.41) is 5.01. The second-order valence-electron chi connectivity index (χ2n) is 8.50. The average Bonchev–Trinajstić information content (AvgIpc) is 2.93. The molecule has 0 bridgehead atoms. The number of hydrogen-bond acceptors (Lipinski definition) is 2. The summed E-state index contributed by atoms with van der Waals surface area (Å²) in [6, 6.07) is 42.7. The molecule has 1 aliphatic rings. The maximum atomic E-state index is 7.00. The maximum absolute atomic E-state index is 7.00. The minimum absolute atomic E-state index is 0.0812. The molecule has 1 saturated carbocycles. The molecular weight excluding hydrogens is 454 g/mol. The lowest BCUT2D eigenvalue weighted by atomic mass is 9.95. The molecule has 2 atom stereocenters. The summed E-state index contributed by atoms with van der Waals surface area (Å²) in [7, 11) is -1.81. The van der Waals surface area contributed by atoms with Crippen molar-refractivity contribution in [2.45, 2.75) is 37.9 Å². The van der Waals surface area contributed by atoms with Gasteiger partial charge in [-0.15, -0.1) is 0 Å². The van der Waals surface area contributed by atoms with Crippen molar-refractivity contribution >= 4 is 37.5 Å². The third-order valence-electron chi connectivity index (χ3n) is 6.09. The fourth-order valence-electron chi connectivity index (χ4n) is 4.37. The van der Waals surface area contributed by atoms with Crippen LogP contribution in [0.2, 0.25) is 0 Å². The minimum Gasteiger partial charge on any atom is -0.344 e. The molecule has 5 rings (SSSR count). The van der Waals surface area contributed by atoms with E-state index in [0.717, 1.165) is 12.8 Å². The standard InChI is InChI=1S/C30H30O2P2/c1-5-15-25(16-6-1)33(26-17-7-2-8-18-26)31-29-23-13-14-24-30(29)32-34(27-19-9-3-10-20-27)28-21-11-4-12-22-28/h1-12,15-22,29-30H,13-14,23-24H2/t29-,30-/m1/s1. The predicted octanol–water partition coefficient (Wildman–Crippen LogP) is 6.43. The Morgan fingerprint density at radius 2 is 0.676 bits per heavy atom. The zero-order valence-electron chi connectivity index (χ0n) is 19.2. The van der Waals surface area contributed by atoms with Crippen LogP contribution in [-0.4, -0.2) is 12.2 Å². The molecule has 0 heterocycles. The zero-order chi connectivity index (χ0) is 23.0. The Hall–Kier alpha value is -2.34. The van der Waals surface area contributed by atoms with E-state index in [2.05, 4.69) is 121 Å². The molecule has 1 aliphatic carbocycles. The Kier molecular flexibility index (Phi) is 8.17. The highest BCUT2D eigenvalue weighted by molar-refractivity contribution is 7.69. The molecule has 4 aromatic rings. The minimum atomic E-state index is -0.907. The molecule has 0 aromatic heterocycles. The SMILES string of the molecule is c1ccc(P(O[C@@H]2CCCC[C@H]2OP(c2ccccc2)c2ccccc2)c2ccccc2)cc1. The maximum Gasteiger partial charge on any atom is 0.0923 e. The quantitative estimate of drug-likeness (QED) is 0.269. The van der Waals surface area contributed by atoms with Gasteiger partial charge in [0.25, 0.3) is 0 Å². The largest absolute Gasteiger partial charge is 0.344 e. The molecule has 2 nitrogen and oxygen atoms in total. The highest BCUT2D eigenvalue weighted by Crippen LogP contribution is 2.45. The van der Waals surface area contributed by atoms with Crippen LogP contribution in [0.5, 0.6) is 0 Å². The first-order chi connectivity index (χ1) is 16.9. The third-order valence-corrected chi connectivity index (χ3v) is 10.1. The number of hydrogen-bond donors (Lipinski definition) is 0. The molecule has 0 N–H and O–H groups in total. The van der Waals surface area contributed by atoms with Gasteiger partial charge in [-0.2, -0.15) is 0 Å². The van der Waals surface area contributed by atoms with Crippen molar-refractivity contribution in [1.82, 2.24) is 0 Å². The molecule has 34 heavy (non-hydrogen) atoms. The Morgan fingerprint density at radius 3 is 0.941 bits per heavy atom. The number of benzene rings is 4. The molecular formula is C30H30O2P2. The van der Waals surface area contributed by atoms with Gasteiger partial charge < -0.3 is 9.05 Å². The lowest BCUT2D eigenvalue weighted by molar-refractivity contribution is 0.0414. The van der Waals surface area contributed by atoms with Crippen molar-refractivity contribution in [3.8, 4) is 0 Å². The molecule has 0 aliphatic heterocycles. The lowest BCUT2D eigenvalue weighted by Gasteiger charge is -2.36. The summed E-state index contributed by atoms with van der Waals surface area (Å²) in [6.07, 6.45) is 4.61. The van der Waals surface area contributed by atoms with Gasteiger partial charge in [0.2, 0.25) is 0 Å². The van der Waals surface area contributed by atoms with E-state index in [0.29, 0.717) is 0 Å². The first kappa shape index (κ1) is 23.4. The van der Waals surface area contributed by atoms with Gasteiger partial charge in [-0.05, 0) is 12.8 Å². The van der Waals surface area contributed by atoms with Crippen molar-refractivity contribution in [1.29, 1.82) is 0 Å². The molecule has 0 amide bonds. The van der Waals surface area contributed by atoms with E-state index in [9.17, 15) is 0 Å². The van der Waals surface area contributed by atoms with Crippen LogP contribution in [0.1, 0.15) is 25.7 Å². The van der Waals surface area contributed by atoms with Crippen LogP contribution >= 0.6 is 16.3 Å². The van der Waals surface area contributed by atoms with Crippen molar-refractivity contribution < 1.29 is 9.05 Å². The Balaban J connectivity index is 1.43. The van der Waals surface area contributed by atoms with Crippen LogP contribution in [0, 0.1) is 0 Å².